The molecule has 0 aliphatic carbocycles. The first-order valence-electron chi connectivity index (χ1n) is 9.28. The Balaban J connectivity index is 1.69. The van der Waals surface area contributed by atoms with E-state index in [0.717, 1.165) is 34.4 Å². The highest BCUT2D eigenvalue weighted by Crippen LogP contribution is 2.22. The molecule has 0 radical (unpaired) electrons. The SMILES string of the molecule is COc1ccccc1CNc1cc(Nc2ccc(OC(C)C)cc2)nc(C)n1. The zero-order valence-electron chi connectivity index (χ0n) is 16.7. The Morgan fingerprint density at radius 3 is 2.39 bits per heavy atom. The summed E-state index contributed by atoms with van der Waals surface area (Å²) in [6.45, 7) is 6.50. The van der Waals surface area contributed by atoms with E-state index < -0.39 is 0 Å². The van der Waals surface area contributed by atoms with Crippen LogP contribution < -0.4 is 20.1 Å². The van der Waals surface area contributed by atoms with E-state index in [1.165, 1.54) is 0 Å². The van der Waals surface area contributed by atoms with Crippen LogP contribution in [0.25, 0.3) is 0 Å². The Bertz CT molecular complexity index is 911. The molecule has 1 aromatic heterocycles. The van der Waals surface area contributed by atoms with Gasteiger partial charge in [0.15, 0.2) is 0 Å². The molecule has 3 rings (SSSR count). The summed E-state index contributed by atoms with van der Waals surface area (Å²) in [5.41, 5.74) is 2.00. The first-order chi connectivity index (χ1) is 13.5. The maximum Gasteiger partial charge on any atom is 0.136 e. The third-order valence-corrected chi connectivity index (χ3v) is 3.99. The summed E-state index contributed by atoms with van der Waals surface area (Å²) in [6, 6.07) is 17.6. The average Bonchev–Trinajstić information content (AvgIpc) is 2.67. The van der Waals surface area contributed by atoms with Crippen molar-refractivity contribution >= 4 is 17.3 Å². The quantitative estimate of drug-likeness (QED) is 0.579. The molecule has 0 unspecified atom stereocenters. The summed E-state index contributed by atoms with van der Waals surface area (Å²) >= 11 is 0. The Hall–Kier alpha value is -3.28. The number of ether oxygens (including phenoxy) is 2. The van der Waals surface area contributed by atoms with Crippen molar-refractivity contribution in [3.05, 3.63) is 66.0 Å². The Kier molecular flexibility index (Phi) is 6.32. The van der Waals surface area contributed by atoms with Gasteiger partial charge in [0.1, 0.15) is 29.0 Å². The molecule has 6 nitrogen and oxygen atoms in total. The third kappa shape index (κ3) is 5.36. The molecule has 6 heteroatoms. The van der Waals surface area contributed by atoms with Crippen LogP contribution in [0.4, 0.5) is 17.3 Å². The first kappa shape index (κ1) is 19.5. The van der Waals surface area contributed by atoms with Gasteiger partial charge in [-0.3, -0.25) is 0 Å². The van der Waals surface area contributed by atoms with Crippen LogP contribution in [0.5, 0.6) is 11.5 Å². The van der Waals surface area contributed by atoms with Gasteiger partial charge in [-0.05, 0) is 51.1 Å². The molecule has 0 saturated carbocycles. The topological polar surface area (TPSA) is 68.3 Å². The van der Waals surface area contributed by atoms with E-state index in [9.17, 15) is 0 Å². The fourth-order valence-electron chi connectivity index (χ4n) is 2.79. The molecule has 1 heterocycles. The number of rotatable bonds is 8. The van der Waals surface area contributed by atoms with Gasteiger partial charge < -0.3 is 20.1 Å². The van der Waals surface area contributed by atoms with Gasteiger partial charge in [0.05, 0.1) is 13.2 Å². The lowest BCUT2D eigenvalue weighted by molar-refractivity contribution is 0.242. The van der Waals surface area contributed by atoms with Crippen molar-refractivity contribution in [1.82, 2.24) is 9.97 Å². The molecule has 3 aromatic rings. The van der Waals surface area contributed by atoms with Gasteiger partial charge in [0.2, 0.25) is 0 Å². The fraction of sp³-hybridized carbons (Fsp3) is 0.273. The molecule has 146 valence electrons. The Morgan fingerprint density at radius 2 is 1.68 bits per heavy atom. The monoisotopic (exact) mass is 378 g/mol. The largest absolute Gasteiger partial charge is 0.496 e. The zero-order chi connectivity index (χ0) is 19.9. The zero-order valence-corrected chi connectivity index (χ0v) is 16.7. The number of nitrogens with zero attached hydrogens (tertiary/aromatic N) is 2. The van der Waals surface area contributed by atoms with Crippen LogP contribution in [0, 0.1) is 6.92 Å². The molecular weight excluding hydrogens is 352 g/mol. The van der Waals surface area contributed by atoms with Crippen molar-refractivity contribution in [2.45, 2.75) is 33.4 Å². The van der Waals surface area contributed by atoms with Crippen molar-refractivity contribution in [2.24, 2.45) is 0 Å². The Morgan fingerprint density at radius 1 is 0.964 bits per heavy atom. The van der Waals surface area contributed by atoms with Crippen LogP contribution >= 0.6 is 0 Å². The minimum atomic E-state index is 0.153. The minimum Gasteiger partial charge on any atom is -0.496 e. The second-order valence-corrected chi connectivity index (χ2v) is 6.67. The van der Waals surface area contributed by atoms with E-state index in [4.69, 9.17) is 9.47 Å². The second kappa shape index (κ2) is 9.08. The highest BCUT2D eigenvalue weighted by atomic mass is 16.5. The smallest absolute Gasteiger partial charge is 0.136 e. The van der Waals surface area contributed by atoms with Crippen LogP contribution in [0.3, 0.4) is 0 Å². The highest BCUT2D eigenvalue weighted by molar-refractivity contribution is 5.60. The van der Waals surface area contributed by atoms with Crippen molar-refractivity contribution in [3.63, 3.8) is 0 Å². The van der Waals surface area contributed by atoms with Gasteiger partial charge in [-0.25, -0.2) is 9.97 Å². The lowest BCUT2D eigenvalue weighted by Gasteiger charge is -2.13. The molecule has 0 amide bonds. The van der Waals surface area contributed by atoms with Crippen LogP contribution in [0.2, 0.25) is 0 Å². The van der Waals surface area contributed by atoms with E-state index in [0.29, 0.717) is 12.4 Å². The number of aryl methyl sites for hydroxylation is 1. The van der Waals surface area contributed by atoms with Crippen molar-refractivity contribution in [1.29, 1.82) is 0 Å². The molecule has 0 saturated heterocycles. The standard InChI is InChI=1S/C22H26N4O2/c1-15(2)28-19-11-9-18(10-12-19)26-22-13-21(24-16(3)25-22)23-14-17-7-5-6-8-20(17)27-4/h5-13,15H,14H2,1-4H3,(H2,23,24,25,26). The molecule has 0 atom stereocenters. The van der Waals surface area contributed by atoms with Gasteiger partial charge in [0, 0.05) is 23.9 Å². The molecular formula is C22H26N4O2. The maximum atomic E-state index is 5.68. The molecule has 2 aromatic carbocycles. The molecule has 0 fully saturated rings. The van der Waals surface area contributed by atoms with E-state index in [2.05, 4.69) is 20.6 Å². The second-order valence-electron chi connectivity index (χ2n) is 6.67. The minimum absolute atomic E-state index is 0.153. The summed E-state index contributed by atoms with van der Waals surface area (Å²) in [5.74, 6) is 3.86. The van der Waals surface area contributed by atoms with E-state index >= 15 is 0 Å². The fourth-order valence-corrected chi connectivity index (χ4v) is 2.79. The lowest BCUT2D eigenvalue weighted by atomic mass is 10.2. The summed E-state index contributed by atoms with van der Waals surface area (Å²) in [7, 11) is 1.67. The molecule has 28 heavy (non-hydrogen) atoms. The summed E-state index contributed by atoms with van der Waals surface area (Å²) in [4.78, 5) is 8.94. The van der Waals surface area contributed by atoms with Crippen molar-refractivity contribution < 1.29 is 9.47 Å². The number of para-hydroxylation sites is 1. The number of aromatic nitrogens is 2. The van der Waals surface area contributed by atoms with E-state index in [1.54, 1.807) is 7.11 Å². The van der Waals surface area contributed by atoms with Gasteiger partial charge in [-0.1, -0.05) is 18.2 Å². The molecule has 2 N–H and O–H groups in total. The number of methoxy groups -OCH3 is 1. The summed E-state index contributed by atoms with van der Waals surface area (Å²) in [6.07, 6.45) is 0.153. The van der Waals surface area contributed by atoms with Gasteiger partial charge in [-0.15, -0.1) is 0 Å². The molecule has 0 aliphatic rings. The predicted octanol–water partition coefficient (Wildman–Crippen LogP) is 4.94. The van der Waals surface area contributed by atoms with Crippen molar-refractivity contribution in [3.8, 4) is 11.5 Å². The first-order valence-corrected chi connectivity index (χ1v) is 9.28. The number of hydrogen-bond donors (Lipinski definition) is 2. The maximum absolute atomic E-state index is 5.68. The highest BCUT2D eigenvalue weighted by Gasteiger charge is 2.06. The predicted molar refractivity (Wildman–Crippen MR) is 113 cm³/mol. The van der Waals surface area contributed by atoms with Crippen molar-refractivity contribution in [2.75, 3.05) is 17.7 Å². The normalized spacial score (nSPS) is 10.6. The van der Waals surface area contributed by atoms with Gasteiger partial charge >= 0.3 is 0 Å². The summed E-state index contributed by atoms with van der Waals surface area (Å²) in [5, 5.41) is 6.66. The summed E-state index contributed by atoms with van der Waals surface area (Å²) < 4.78 is 11.1. The van der Waals surface area contributed by atoms with E-state index in [-0.39, 0.29) is 6.10 Å². The molecule has 0 aliphatic heterocycles. The van der Waals surface area contributed by atoms with Gasteiger partial charge in [-0.2, -0.15) is 0 Å². The number of nitrogens with one attached hydrogen (secondary N) is 2. The third-order valence-electron chi connectivity index (χ3n) is 3.99. The van der Waals surface area contributed by atoms with Gasteiger partial charge in [0.25, 0.3) is 0 Å². The van der Waals surface area contributed by atoms with Crippen LogP contribution in [0.15, 0.2) is 54.6 Å². The molecule has 0 bridgehead atoms. The van der Waals surface area contributed by atoms with Crippen LogP contribution in [-0.4, -0.2) is 23.2 Å². The number of benzene rings is 2. The average molecular weight is 378 g/mol. The van der Waals surface area contributed by atoms with E-state index in [1.807, 2.05) is 75.4 Å². The van der Waals surface area contributed by atoms with Crippen LogP contribution in [0.1, 0.15) is 25.2 Å². The number of hydrogen-bond acceptors (Lipinski definition) is 6. The number of anilines is 3. The lowest BCUT2D eigenvalue weighted by Crippen LogP contribution is -2.06. The molecule has 0 spiro atoms. The van der Waals surface area contributed by atoms with Crippen LogP contribution in [-0.2, 0) is 6.54 Å². The Labute approximate surface area is 166 Å².